The fourth-order valence-corrected chi connectivity index (χ4v) is 3.07. The second-order valence-electron chi connectivity index (χ2n) is 5.37. The molecule has 1 aliphatic heterocycles. The standard InChI is InChI=1S/C18H11ClFN3O/c19-11-5-6-16-14(7-11)18(13-3-1-2-4-15(13)20)22-9-12-8-21-17(10-24)23(12)16/h1-8,10H,9H2. The summed E-state index contributed by atoms with van der Waals surface area (Å²) in [5.41, 5.74) is 3.02. The largest absolute Gasteiger partial charge is 0.294 e. The molecule has 0 saturated carbocycles. The smallest absolute Gasteiger partial charge is 0.185 e. The molecule has 0 bridgehead atoms. The molecule has 0 fully saturated rings. The zero-order valence-electron chi connectivity index (χ0n) is 12.4. The number of hydrogen-bond acceptors (Lipinski definition) is 3. The van der Waals surface area contributed by atoms with Gasteiger partial charge < -0.3 is 0 Å². The molecule has 2 aromatic carbocycles. The minimum atomic E-state index is -0.359. The maximum absolute atomic E-state index is 14.3. The molecule has 0 aliphatic carbocycles. The Balaban J connectivity index is 2.03. The van der Waals surface area contributed by atoms with Crippen LogP contribution in [0.3, 0.4) is 0 Å². The molecule has 0 unspecified atom stereocenters. The second-order valence-corrected chi connectivity index (χ2v) is 5.80. The van der Waals surface area contributed by atoms with Crippen LogP contribution in [0, 0.1) is 5.82 Å². The van der Waals surface area contributed by atoms with Gasteiger partial charge in [-0.2, -0.15) is 0 Å². The van der Waals surface area contributed by atoms with Crippen LogP contribution in [-0.4, -0.2) is 21.5 Å². The summed E-state index contributed by atoms with van der Waals surface area (Å²) in [6, 6.07) is 11.7. The van der Waals surface area contributed by atoms with E-state index in [1.165, 1.54) is 6.07 Å². The van der Waals surface area contributed by atoms with Crippen molar-refractivity contribution in [1.29, 1.82) is 0 Å². The predicted molar refractivity (Wildman–Crippen MR) is 89.7 cm³/mol. The summed E-state index contributed by atoms with van der Waals surface area (Å²) in [5.74, 6) is -0.0824. The predicted octanol–water partition coefficient (Wildman–Crippen LogP) is 3.83. The lowest BCUT2D eigenvalue weighted by Crippen LogP contribution is -2.10. The van der Waals surface area contributed by atoms with Crippen LogP contribution in [0.1, 0.15) is 27.4 Å². The second kappa shape index (κ2) is 5.69. The third-order valence-electron chi connectivity index (χ3n) is 3.95. The van der Waals surface area contributed by atoms with Crippen molar-refractivity contribution in [2.75, 3.05) is 0 Å². The van der Waals surface area contributed by atoms with Crippen molar-refractivity contribution < 1.29 is 9.18 Å². The number of fused-ring (bicyclic) bond motifs is 3. The number of nitrogens with zero attached hydrogens (tertiary/aromatic N) is 3. The maximum atomic E-state index is 14.3. The average Bonchev–Trinajstić information content (AvgIpc) is 2.93. The number of carbonyl (C=O) groups excluding carboxylic acids is 1. The molecule has 0 N–H and O–H groups in total. The Morgan fingerprint density at radius 2 is 2.00 bits per heavy atom. The molecule has 0 saturated heterocycles. The highest BCUT2D eigenvalue weighted by Crippen LogP contribution is 2.29. The van der Waals surface area contributed by atoms with Gasteiger partial charge in [-0.15, -0.1) is 0 Å². The molecule has 0 spiro atoms. The van der Waals surface area contributed by atoms with Crippen molar-refractivity contribution in [2.45, 2.75) is 6.54 Å². The van der Waals surface area contributed by atoms with E-state index in [1.54, 1.807) is 47.2 Å². The van der Waals surface area contributed by atoms with Gasteiger partial charge >= 0.3 is 0 Å². The van der Waals surface area contributed by atoms with E-state index >= 15 is 0 Å². The van der Waals surface area contributed by atoms with Crippen LogP contribution in [-0.2, 0) is 6.54 Å². The monoisotopic (exact) mass is 339 g/mol. The number of aliphatic imine (C=N–C) groups is 1. The molecule has 2 heterocycles. The molecule has 0 amide bonds. The van der Waals surface area contributed by atoms with Gasteiger partial charge in [0.2, 0.25) is 0 Å². The molecule has 1 aliphatic rings. The first-order valence-corrected chi connectivity index (χ1v) is 7.68. The van der Waals surface area contributed by atoms with Crippen LogP contribution < -0.4 is 0 Å². The first kappa shape index (κ1) is 14.8. The van der Waals surface area contributed by atoms with Gasteiger partial charge in [-0.3, -0.25) is 14.4 Å². The van der Waals surface area contributed by atoms with Gasteiger partial charge in [-0.05, 0) is 30.3 Å². The van der Waals surface area contributed by atoms with Gasteiger partial charge in [-0.1, -0.05) is 23.7 Å². The van der Waals surface area contributed by atoms with Gasteiger partial charge in [0, 0.05) is 16.1 Å². The summed E-state index contributed by atoms with van der Waals surface area (Å²) in [6.45, 7) is 0.288. The zero-order valence-corrected chi connectivity index (χ0v) is 13.2. The molecule has 6 heteroatoms. The summed E-state index contributed by atoms with van der Waals surface area (Å²) in [4.78, 5) is 20.0. The van der Waals surface area contributed by atoms with Crippen molar-refractivity contribution in [3.8, 4) is 5.69 Å². The van der Waals surface area contributed by atoms with Crippen molar-refractivity contribution in [3.05, 3.63) is 82.1 Å². The van der Waals surface area contributed by atoms with E-state index in [1.807, 2.05) is 0 Å². The lowest BCUT2D eigenvalue weighted by Gasteiger charge is -2.13. The van der Waals surface area contributed by atoms with Gasteiger partial charge in [0.05, 0.1) is 29.8 Å². The van der Waals surface area contributed by atoms with E-state index in [4.69, 9.17) is 11.6 Å². The number of imidazole rings is 1. The Kier molecular flexibility index (Phi) is 3.50. The van der Waals surface area contributed by atoms with Crippen LogP contribution in [0.2, 0.25) is 5.02 Å². The lowest BCUT2D eigenvalue weighted by atomic mass is 10.00. The molecule has 3 aromatic rings. The quantitative estimate of drug-likeness (QED) is 0.666. The molecule has 1 aromatic heterocycles. The molecular weight excluding hydrogens is 329 g/mol. The number of halogens is 2. The van der Waals surface area contributed by atoms with Gasteiger partial charge in [-0.25, -0.2) is 9.37 Å². The van der Waals surface area contributed by atoms with Crippen LogP contribution in [0.25, 0.3) is 5.69 Å². The SMILES string of the molecule is O=Cc1ncc2n1-c1ccc(Cl)cc1C(c1ccccc1F)=NC2. The van der Waals surface area contributed by atoms with Crippen LogP contribution in [0.5, 0.6) is 0 Å². The highest BCUT2D eigenvalue weighted by molar-refractivity contribution is 6.31. The summed E-state index contributed by atoms with van der Waals surface area (Å²) in [7, 11) is 0. The molecule has 118 valence electrons. The Morgan fingerprint density at radius 3 is 2.79 bits per heavy atom. The topological polar surface area (TPSA) is 47.2 Å². The molecule has 24 heavy (non-hydrogen) atoms. The number of aldehydes is 1. The minimum absolute atomic E-state index is 0.276. The highest BCUT2D eigenvalue weighted by Gasteiger charge is 2.23. The fourth-order valence-electron chi connectivity index (χ4n) is 2.90. The van der Waals surface area contributed by atoms with E-state index in [0.29, 0.717) is 33.8 Å². The number of rotatable bonds is 2. The van der Waals surface area contributed by atoms with E-state index < -0.39 is 0 Å². The minimum Gasteiger partial charge on any atom is -0.294 e. The van der Waals surface area contributed by atoms with E-state index in [0.717, 1.165) is 5.69 Å². The number of benzene rings is 2. The van der Waals surface area contributed by atoms with Crippen LogP contribution >= 0.6 is 11.6 Å². The van der Waals surface area contributed by atoms with E-state index in [2.05, 4.69) is 9.98 Å². The maximum Gasteiger partial charge on any atom is 0.185 e. The van der Waals surface area contributed by atoms with Crippen molar-refractivity contribution in [1.82, 2.24) is 9.55 Å². The Morgan fingerprint density at radius 1 is 1.17 bits per heavy atom. The summed E-state index contributed by atoms with van der Waals surface area (Å²) >= 11 is 6.15. The zero-order chi connectivity index (χ0) is 16.7. The first-order valence-electron chi connectivity index (χ1n) is 7.30. The lowest BCUT2D eigenvalue weighted by molar-refractivity contribution is 0.111. The summed E-state index contributed by atoms with van der Waals surface area (Å²) in [5, 5.41) is 0.508. The Bertz CT molecular complexity index is 994. The van der Waals surface area contributed by atoms with E-state index in [-0.39, 0.29) is 18.2 Å². The van der Waals surface area contributed by atoms with E-state index in [9.17, 15) is 9.18 Å². The van der Waals surface area contributed by atoms with Gasteiger partial charge in [0.1, 0.15) is 5.82 Å². The van der Waals surface area contributed by atoms with Crippen LogP contribution in [0.4, 0.5) is 4.39 Å². The van der Waals surface area contributed by atoms with Crippen molar-refractivity contribution in [3.63, 3.8) is 0 Å². The molecule has 4 rings (SSSR count). The van der Waals surface area contributed by atoms with Gasteiger partial charge in [0.15, 0.2) is 12.1 Å². The first-order chi connectivity index (χ1) is 11.7. The van der Waals surface area contributed by atoms with Crippen molar-refractivity contribution in [2.24, 2.45) is 4.99 Å². The van der Waals surface area contributed by atoms with Gasteiger partial charge in [0.25, 0.3) is 0 Å². The third-order valence-corrected chi connectivity index (χ3v) is 4.19. The summed E-state index contributed by atoms with van der Waals surface area (Å²) < 4.78 is 16.0. The number of hydrogen-bond donors (Lipinski definition) is 0. The Hall–Kier alpha value is -2.79. The fraction of sp³-hybridized carbons (Fsp3) is 0.0556. The van der Waals surface area contributed by atoms with Crippen molar-refractivity contribution >= 4 is 23.6 Å². The average molecular weight is 340 g/mol. The van der Waals surface area contributed by atoms with Crippen LogP contribution in [0.15, 0.2) is 53.7 Å². The number of aromatic nitrogens is 2. The third kappa shape index (κ3) is 2.25. The number of carbonyl (C=O) groups is 1. The normalized spacial score (nSPS) is 12.8. The molecule has 4 nitrogen and oxygen atoms in total. The summed E-state index contributed by atoms with van der Waals surface area (Å²) in [6.07, 6.45) is 2.30. The molecule has 0 radical (unpaired) electrons. The molecule has 0 atom stereocenters. The Labute approximate surface area is 142 Å². The molecular formula is C18H11ClFN3O. The highest BCUT2D eigenvalue weighted by atomic mass is 35.5.